The number of hydrogen-bond donors (Lipinski definition) is 1. The predicted octanol–water partition coefficient (Wildman–Crippen LogP) is 4.17. The molecule has 26 heavy (non-hydrogen) atoms. The van der Waals surface area contributed by atoms with Crippen molar-refractivity contribution in [3.8, 4) is 11.3 Å². The number of primary amides is 1. The van der Waals surface area contributed by atoms with Crippen LogP contribution >= 0.6 is 11.6 Å². The first-order valence-corrected chi connectivity index (χ1v) is 8.24. The lowest BCUT2D eigenvalue weighted by atomic mass is 10.1. The number of halogens is 1. The zero-order valence-corrected chi connectivity index (χ0v) is 14.7. The van der Waals surface area contributed by atoms with Gasteiger partial charge in [-0.1, -0.05) is 23.7 Å². The van der Waals surface area contributed by atoms with Crippen molar-refractivity contribution in [2.75, 3.05) is 0 Å². The van der Waals surface area contributed by atoms with Crippen molar-refractivity contribution < 1.29 is 9.72 Å². The Morgan fingerprint density at radius 3 is 2.31 bits per heavy atom. The van der Waals surface area contributed by atoms with Gasteiger partial charge in [-0.3, -0.25) is 14.9 Å². The largest absolute Gasteiger partial charge is 0.366 e. The fourth-order valence-electron chi connectivity index (χ4n) is 2.86. The molecule has 0 unspecified atom stereocenters. The Morgan fingerprint density at radius 1 is 1.15 bits per heavy atom. The van der Waals surface area contributed by atoms with E-state index in [1.54, 1.807) is 30.3 Å². The van der Waals surface area contributed by atoms with Gasteiger partial charge < -0.3 is 10.3 Å². The van der Waals surface area contributed by atoms with Crippen LogP contribution in [0.25, 0.3) is 11.3 Å². The molecule has 1 amide bonds. The zero-order valence-electron chi connectivity index (χ0n) is 14.0. The third kappa shape index (κ3) is 3.45. The summed E-state index contributed by atoms with van der Waals surface area (Å²) in [5.74, 6) is -0.513. The number of nitro benzene ring substituents is 1. The summed E-state index contributed by atoms with van der Waals surface area (Å²) >= 11 is 5.94. The molecule has 0 aliphatic carbocycles. The molecule has 0 saturated carbocycles. The highest BCUT2D eigenvalue weighted by molar-refractivity contribution is 6.30. The second-order valence-electron chi connectivity index (χ2n) is 5.91. The van der Waals surface area contributed by atoms with Crippen LogP contribution < -0.4 is 5.73 Å². The van der Waals surface area contributed by atoms with Gasteiger partial charge in [0.1, 0.15) is 0 Å². The van der Waals surface area contributed by atoms with Crippen LogP contribution in [-0.4, -0.2) is 15.4 Å². The summed E-state index contributed by atoms with van der Waals surface area (Å²) in [7, 11) is 0. The predicted molar refractivity (Wildman–Crippen MR) is 100 cm³/mol. The molecule has 0 aliphatic heterocycles. The molecule has 0 spiro atoms. The average molecular weight is 370 g/mol. The van der Waals surface area contributed by atoms with Crippen LogP contribution in [0.3, 0.4) is 0 Å². The third-order valence-electron chi connectivity index (χ3n) is 4.26. The van der Waals surface area contributed by atoms with Crippen molar-refractivity contribution in [2.45, 2.75) is 13.5 Å². The molecular formula is C19H16ClN3O3. The number of hydrogen-bond acceptors (Lipinski definition) is 3. The number of carbonyl (C=O) groups is 1. The number of amides is 1. The maximum Gasteiger partial charge on any atom is 0.269 e. The van der Waals surface area contributed by atoms with Crippen LogP contribution in [-0.2, 0) is 6.54 Å². The molecule has 0 bridgehead atoms. The fraction of sp³-hybridized carbons (Fsp3) is 0.105. The molecule has 1 heterocycles. The molecule has 0 radical (unpaired) electrons. The van der Waals surface area contributed by atoms with E-state index in [4.69, 9.17) is 17.3 Å². The second kappa shape index (κ2) is 7.01. The fourth-order valence-corrected chi connectivity index (χ4v) is 2.99. The van der Waals surface area contributed by atoms with Gasteiger partial charge in [0.25, 0.3) is 11.6 Å². The van der Waals surface area contributed by atoms with Crippen LogP contribution in [0.2, 0.25) is 5.02 Å². The van der Waals surface area contributed by atoms with Gasteiger partial charge in [0, 0.05) is 35.1 Å². The summed E-state index contributed by atoms with van der Waals surface area (Å²) in [5, 5.41) is 11.5. The Balaban J connectivity index is 2.08. The van der Waals surface area contributed by atoms with E-state index in [9.17, 15) is 14.9 Å². The lowest BCUT2D eigenvalue weighted by Crippen LogP contribution is -2.12. The van der Waals surface area contributed by atoms with Crippen LogP contribution in [0.4, 0.5) is 5.69 Å². The lowest BCUT2D eigenvalue weighted by molar-refractivity contribution is -0.384. The highest BCUT2D eigenvalue weighted by Crippen LogP contribution is 2.28. The maximum atomic E-state index is 11.8. The number of benzene rings is 2. The smallest absolute Gasteiger partial charge is 0.269 e. The summed E-state index contributed by atoms with van der Waals surface area (Å²) in [6.07, 6.45) is 0. The van der Waals surface area contributed by atoms with E-state index in [1.165, 1.54) is 12.1 Å². The number of nitrogens with zero attached hydrogens (tertiary/aromatic N) is 2. The number of nitrogens with two attached hydrogens (primary N) is 1. The highest BCUT2D eigenvalue weighted by Gasteiger charge is 2.17. The first-order chi connectivity index (χ1) is 12.4. The van der Waals surface area contributed by atoms with E-state index in [1.807, 2.05) is 23.6 Å². The quantitative estimate of drug-likeness (QED) is 0.540. The SMILES string of the molecule is Cc1c(C(N)=O)cc(-c2ccc([N+](=O)[O-])cc2)n1Cc1ccc(Cl)cc1. The molecule has 3 rings (SSSR count). The third-order valence-corrected chi connectivity index (χ3v) is 4.51. The summed E-state index contributed by atoms with van der Waals surface area (Å²) in [6.45, 7) is 2.34. The van der Waals surface area contributed by atoms with Crippen LogP contribution in [0, 0.1) is 17.0 Å². The van der Waals surface area contributed by atoms with Gasteiger partial charge in [-0.05, 0) is 48.4 Å². The Bertz CT molecular complexity index is 977. The van der Waals surface area contributed by atoms with E-state index in [0.717, 1.165) is 22.5 Å². The van der Waals surface area contributed by atoms with Gasteiger partial charge in [0.15, 0.2) is 0 Å². The van der Waals surface area contributed by atoms with Gasteiger partial charge in [-0.15, -0.1) is 0 Å². The van der Waals surface area contributed by atoms with E-state index in [2.05, 4.69) is 0 Å². The molecule has 1 aromatic heterocycles. The molecule has 2 aromatic carbocycles. The maximum absolute atomic E-state index is 11.8. The average Bonchev–Trinajstić information content (AvgIpc) is 2.94. The monoisotopic (exact) mass is 369 g/mol. The van der Waals surface area contributed by atoms with E-state index >= 15 is 0 Å². The van der Waals surface area contributed by atoms with Crippen LogP contribution in [0.15, 0.2) is 54.6 Å². The van der Waals surface area contributed by atoms with Gasteiger partial charge in [0.05, 0.1) is 10.5 Å². The van der Waals surface area contributed by atoms with E-state index < -0.39 is 10.8 Å². The Labute approximate surface area is 155 Å². The molecular weight excluding hydrogens is 354 g/mol. The van der Waals surface area contributed by atoms with Crippen molar-refractivity contribution in [1.29, 1.82) is 0 Å². The molecule has 7 heteroatoms. The summed E-state index contributed by atoms with van der Waals surface area (Å²) in [5.41, 5.74) is 9.20. The standard InChI is InChI=1S/C19H16ClN3O3/c1-12-17(19(21)24)10-18(14-4-8-16(9-5-14)23(25)26)22(12)11-13-2-6-15(20)7-3-13/h2-10H,11H2,1H3,(H2,21,24). The van der Waals surface area contributed by atoms with Gasteiger partial charge in [-0.2, -0.15) is 0 Å². The van der Waals surface area contributed by atoms with E-state index in [0.29, 0.717) is 17.1 Å². The zero-order chi connectivity index (χ0) is 18.8. The topological polar surface area (TPSA) is 91.2 Å². The van der Waals surface area contributed by atoms with Crippen molar-refractivity contribution in [1.82, 2.24) is 4.57 Å². The highest BCUT2D eigenvalue weighted by atomic mass is 35.5. The first-order valence-electron chi connectivity index (χ1n) is 7.86. The van der Waals surface area contributed by atoms with Gasteiger partial charge in [0.2, 0.25) is 0 Å². The Morgan fingerprint density at radius 2 is 1.77 bits per heavy atom. The van der Waals surface area contributed by atoms with Crippen molar-refractivity contribution in [3.05, 3.63) is 86.6 Å². The second-order valence-corrected chi connectivity index (χ2v) is 6.35. The summed E-state index contributed by atoms with van der Waals surface area (Å²) in [6, 6.07) is 15.3. The number of carbonyl (C=O) groups excluding carboxylic acids is 1. The first kappa shape index (κ1) is 17.7. The molecule has 0 fully saturated rings. The summed E-state index contributed by atoms with van der Waals surface area (Å²) in [4.78, 5) is 22.2. The minimum absolute atomic E-state index is 0.0106. The minimum atomic E-state index is -0.513. The molecule has 132 valence electrons. The Kier molecular flexibility index (Phi) is 4.77. The van der Waals surface area contributed by atoms with Gasteiger partial charge >= 0.3 is 0 Å². The lowest BCUT2D eigenvalue weighted by Gasteiger charge is -2.12. The van der Waals surface area contributed by atoms with Crippen LogP contribution in [0.5, 0.6) is 0 Å². The van der Waals surface area contributed by atoms with Crippen molar-refractivity contribution >= 4 is 23.2 Å². The van der Waals surface area contributed by atoms with Crippen molar-refractivity contribution in [3.63, 3.8) is 0 Å². The number of nitro groups is 1. The minimum Gasteiger partial charge on any atom is -0.366 e. The normalized spacial score (nSPS) is 10.7. The number of aromatic nitrogens is 1. The van der Waals surface area contributed by atoms with Crippen molar-refractivity contribution in [2.24, 2.45) is 5.73 Å². The molecule has 3 aromatic rings. The molecule has 0 atom stereocenters. The Hall–Kier alpha value is -3.12. The number of non-ortho nitro benzene ring substituents is 1. The van der Waals surface area contributed by atoms with Crippen LogP contribution in [0.1, 0.15) is 21.6 Å². The molecule has 6 nitrogen and oxygen atoms in total. The van der Waals surface area contributed by atoms with Gasteiger partial charge in [-0.25, -0.2) is 0 Å². The molecule has 0 aliphatic rings. The summed E-state index contributed by atoms with van der Waals surface area (Å²) < 4.78 is 1.96. The number of rotatable bonds is 5. The molecule has 2 N–H and O–H groups in total. The van der Waals surface area contributed by atoms with E-state index in [-0.39, 0.29) is 5.69 Å². The molecule has 0 saturated heterocycles.